The third kappa shape index (κ3) is 24.3. The minimum atomic E-state index is -0.310. The first kappa shape index (κ1) is 33.8. The van der Waals surface area contributed by atoms with Gasteiger partial charge in [0.2, 0.25) is 5.91 Å². The predicted molar refractivity (Wildman–Crippen MR) is 127 cm³/mol. The number of hydrogen-bond donors (Lipinski definition) is 1. The highest BCUT2D eigenvalue weighted by atomic mass is 16.6. The zero-order valence-electron chi connectivity index (χ0n) is 21.8. The highest BCUT2D eigenvalue weighted by Gasteiger charge is 2.15. The molecule has 1 amide bonds. The molecular weight excluding hydrogens is 466 g/mol. The molecule has 0 aromatic rings. The topological polar surface area (TPSA) is 129 Å². The molecule has 0 heterocycles. The summed E-state index contributed by atoms with van der Waals surface area (Å²) in [6.45, 7) is 8.30. The van der Waals surface area contributed by atoms with E-state index in [1.807, 2.05) is 6.92 Å². The molecule has 0 aliphatic rings. The van der Waals surface area contributed by atoms with Gasteiger partial charge in [0.25, 0.3) is 0 Å². The van der Waals surface area contributed by atoms with Crippen LogP contribution in [0, 0.1) is 0 Å². The molecule has 0 aromatic heterocycles. The maximum atomic E-state index is 11.1. The fourth-order valence-electron chi connectivity index (χ4n) is 2.45. The van der Waals surface area contributed by atoms with E-state index in [9.17, 15) is 9.59 Å². The lowest BCUT2D eigenvalue weighted by Crippen LogP contribution is -2.32. The van der Waals surface area contributed by atoms with Crippen molar-refractivity contribution in [1.82, 2.24) is 5.32 Å². The Morgan fingerprint density at radius 3 is 1.66 bits per heavy atom. The maximum Gasteiger partial charge on any atom is 0.245 e. The molecule has 0 bridgehead atoms. The van der Waals surface area contributed by atoms with Crippen molar-refractivity contribution in [2.75, 3.05) is 113 Å². The van der Waals surface area contributed by atoms with E-state index in [2.05, 4.69) is 5.32 Å². The smallest absolute Gasteiger partial charge is 0.245 e. The van der Waals surface area contributed by atoms with E-state index in [1.54, 1.807) is 14.2 Å². The predicted octanol–water partition coefficient (Wildman–Crippen LogP) is -0.142. The molecule has 0 saturated heterocycles. The van der Waals surface area contributed by atoms with E-state index < -0.39 is 0 Å². The van der Waals surface area contributed by atoms with Crippen LogP contribution in [0.1, 0.15) is 13.8 Å². The normalized spacial score (nSPS) is 13.0. The van der Waals surface area contributed by atoms with Gasteiger partial charge in [-0.15, -0.1) is 0 Å². The largest absolute Gasteiger partial charge is 0.382 e. The van der Waals surface area contributed by atoms with Crippen molar-refractivity contribution in [2.45, 2.75) is 26.1 Å². The fraction of sp³-hybridized carbons (Fsp3) is 0.913. The summed E-state index contributed by atoms with van der Waals surface area (Å²) >= 11 is 0. The van der Waals surface area contributed by atoms with Crippen molar-refractivity contribution in [3.63, 3.8) is 0 Å². The summed E-state index contributed by atoms with van der Waals surface area (Å²) in [7, 11) is 3.16. The minimum Gasteiger partial charge on any atom is -0.382 e. The highest BCUT2D eigenvalue weighted by molar-refractivity contribution is 5.77. The summed E-state index contributed by atoms with van der Waals surface area (Å²) in [5.74, 6) is -0.219. The van der Waals surface area contributed by atoms with Gasteiger partial charge in [0.15, 0.2) is 5.78 Å². The number of ether oxygens (including phenoxy) is 9. The summed E-state index contributed by atoms with van der Waals surface area (Å²) in [6.07, 6.45) is -0.615. The van der Waals surface area contributed by atoms with Crippen LogP contribution >= 0.6 is 0 Å². The zero-order valence-corrected chi connectivity index (χ0v) is 21.8. The van der Waals surface area contributed by atoms with Crippen LogP contribution in [0.5, 0.6) is 0 Å². The molecule has 2 atom stereocenters. The van der Waals surface area contributed by atoms with E-state index in [-0.39, 0.29) is 43.7 Å². The molecule has 0 aliphatic heterocycles. The van der Waals surface area contributed by atoms with Crippen molar-refractivity contribution >= 4 is 11.7 Å². The maximum absolute atomic E-state index is 11.1. The summed E-state index contributed by atoms with van der Waals surface area (Å²) in [5.41, 5.74) is 0. The van der Waals surface area contributed by atoms with Gasteiger partial charge in [-0.2, -0.15) is 0 Å². The van der Waals surface area contributed by atoms with Crippen LogP contribution in [-0.2, 0) is 52.2 Å². The van der Waals surface area contributed by atoms with Crippen LogP contribution in [0.15, 0.2) is 0 Å². The Labute approximate surface area is 209 Å². The molecule has 0 rings (SSSR count). The molecule has 35 heavy (non-hydrogen) atoms. The second-order valence-corrected chi connectivity index (χ2v) is 7.34. The molecule has 1 N–H and O–H groups in total. The summed E-state index contributed by atoms with van der Waals surface area (Å²) in [5, 5.41) is 2.48. The van der Waals surface area contributed by atoms with E-state index in [0.717, 1.165) is 0 Å². The number of nitrogens with one attached hydrogen (secondary N) is 1. The molecule has 12 nitrogen and oxygen atoms in total. The van der Waals surface area contributed by atoms with Crippen molar-refractivity contribution in [3.05, 3.63) is 0 Å². The number of ketones is 1. The Morgan fingerprint density at radius 1 is 0.657 bits per heavy atom. The first-order valence-corrected chi connectivity index (χ1v) is 11.9. The molecule has 0 saturated carbocycles. The van der Waals surface area contributed by atoms with Gasteiger partial charge in [-0.1, -0.05) is 0 Å². The zero-order chi connectivity index (χ0) is 26.0. The van der Waals surface area contributed by atoms with Crippen molar-refractivity contribution in [1.29, 1.82) is 0 Å². The molecule has 12 heteroatoms. The number of hydrogen-bond acceptors (Lipinski definition) is 11. The Morgan fingerprint density at radius 2 is 1.14 bits per heavy atom. The summed E-state index contributed by atoms with van der Waals surface area (Å²) in [6, 6.07) is 0. The summed E-state index contributed by atoms with van der Waals surface area (Å²) in [4.78, 5) is 22.0. The SMILES string of the molecule is CCOCCOC(COCCOCC(=O)NC)COCC(COCCOCC(C)=O)OCCOC. The van der Waals surface area contributed by atoms with Gasteiger partial charge in [-0.3, -0.25) is 9.59 Å². The van der Waals surface area contributed by atoms with Crippen molar-refractivity contribution in [3.8, 4) is 0 Å². The second-order valence-electron chi connectivity index (χ2n) is 7.34. The van der Waals surface area contributed by atoms with E-state index in [4.69, 9.17) is 42.6 Å². The molecule has 0 aliphatic carbocycles. The van der Waals surface area contributed by atoms with Crippen molar-refractivity contribution in [2.24, 2.45) is 0 Å². The Kier molecular flexibility index (Phi) is 25.0. The number of methoxy groups -OCH3 is 1. The van der Waals surface area contributed by atoms with E-state index >= 15 is 0 Å². The monoisotopic (exact) mass is 511 g/mol. The average molecular weight is 512 g/mol. The van der Waals surface area contributed by atoms with Crippen LogP contribution in [0.2, 0.25) is 0 Å². The molecule has 2 unspecified atom stereocenters. The van der Waals surface area contributed by atoms with Crippen LogP contribution in [0.3, 0.4) is 0 Å². The summed E-state index contributed by atoms with van der Waals surface area (Å²) < 4.78 is 49.4. The fourth-order valence-corrected chi connectivity index (χ4v) is 2.45. The second kappa shape index (κ2) is 25.9. The lowest BCUT2D eigenvalue weighted by molar-refractivity contribution is -0.126. The van der Waals surface area contributed by atoms with Gasteiger partial charge in [0.1, 0.15) is 25.4 Å². The lowest BCUT2D eigenvalue weighted by atomic mass is 10.3. The molecule has 0 aromatic carbocycles. The minimum absolute atomic E-state index is 0.00730. The Balaban J connectivity index is 4.34. The molecule has 0 fully saturated rings. The molecule has 0 radical (unpaired) electrons. The van der Waals surface area contributed by atoms with Crippen LogP contribution < -0.4 is 5.32 Å². The lowest BCUT2D eigenvalue weighted by Gasteiger charge is -2.21. The number of rotatable bonds is 27. The number of carbonyl (C=O) groups is 2. The van der Waals surface area contributed by atoms with Crippen molar-refractivity contribution < 1.29 is 52.2 Å². The molecule has 0 spiro atoms. The number of amides is 1. The van der Waals surface area contributed by atoms with Gasteiger partial charge in [0.05, 0.1) is 79.3 Å². The molecule has 208 valence electrons. The number of carbonyl (C=O) groups excluding carboxylic acids is 2. The average Bonchev–Trinajstić information content (AvgIpc) is 2.84. The molecular formula is C23H45NO11. The van der Waals surface area contributed by atoms with Gasteiger partial charge < -0.3 is 47.9 Å². The van der Waals surface area contributed by atoms with Crippen LogP contribution in [-0.4, -0.2) is 137 Å². The van der Waals surface area contributed by atoms with E-state index in [1.165, 1.54) is 6.92 Å². The van der Waals surface area contributed by atoms with Crippen LogP contribution in [0.4, 0.5) is 0 Å². The first-order valence-electron chi connectivity index (χ1n) is 11.9. The van der Waals surface area contributed by atoms with Gasteiger partial charge >= 0.3 is 0 Å². The van der Waals surface area contributed by atoms with Gasteiger partial charge in [-0.05, 0) is 13.8 Å². The Hall–Kier alpha value is -1.22. The van der Waals surface area contributed by atoms with E-state index in [0.29, 0.717) is 79.3 Å². The third-order valence-corrected chi connectivity index (χ3v) is 4.20. The first-order chi connectivity index (χ1) is 17.0. The number of likely N-dealkylation sites (N-methyl/N-ethyl adjacent to an activating group) is 1. The number of Topliss-reactive ketones (excluding diaryl/α,β-unsaturated/α-hetero) is 1. The van der Waals surface area contributed by atoms with Crippen LogP contribution in [0.25, 0.3) is 0 Å². The quantitative estimate of drug-likeness (QED) is 0.148. The van der Waals surface area contributed by atoms with Gasteiger partial charge in [-0.25, -0.2) is 0 Å². The van der Waals surface area contributed by atoms with Gasteiger partial charge in [0, 0.05) is 20.8 Å². The standard InChI is InChI=1S/C23H45NO11/c1-5-28-11-13-35-22(16-31-9-10-32-19-23(26)24-3)18-33-17-21(34-12-6-27-4)15-30-8-7-29-14-20(2)25/h21-22H,5-19H2,1-4H3,(H,24,26). The highest BCUT2D eigenvalue weighted by Crippen LogP contribution is 2.01. The third-order valence-electron chi connectivity index (χ3n) is 4.20. The Bertz CT molecular complexity index is 496.